The van der Waals surface area contributed by atoms with E-state index in [4.69, 9.17) is 20.8 Å². The van der Waals surface area contributed by atoms with E-state index >= 15 is 0 Å². The maximum absolute atomic E-state index is 12.1. The third-order valence-corrected chi connectivity index (χ3v) is 3.51. The fourth-order valence-electron chi connectivity index (χ4n) is 2.13. The summed E-state index contributed by atoms with van der Waals surface area (Å²) in [7, 11) is 0. The summed E-state index contributed by atoms with van der Waals surface area (Å²) in [5.41, 5.74) is 1.06. The standard InChI is InChI=1S/C17H11ClO4/c1-10-7-16(19)21-14-9-13(18)15(8-12(10)14)22-17(20)11-5-3-2-4-6-11/h2-9H,1H3. The Bertz CT molecular complexity index is 913. The van der Waals surface area contributed by atoms with Crippen LogP contribution in [0.3, 0.4) is 0 Å². The van der Waals surface area contributed by atoms with Crippen LogP contribution >= 0.6 is 11.6 Å². The quantitative estimate of drug-likeness (QED) is 0.408. The molecule has 22 heavy (non-hydrogen) atoms. The molecule has 3 aromatic rings. The Hall–Kier alpha value is -2.59. The third kappa shape index (κ3) is 2.73. The van der Waals surface area contributed by atoms with Crippen LogP contribution in [0.25, 0.3) is 11.0 Å². The molecule has 4 nitrogen and oxygen atoms in total. The molecule has 3 rings (SSSR count). The average molecular weight is 315 g/mol. The largest absolute Gasteiger partial charge is 0.423 e. The van der Waals surface area contributed by atoms with Gasteiger partial charge in [-0.1, -0.05) is 29.8 Å². The number of rotatable bonds is 2. The maximum Gasteiger partial charge on any atom is 0.343 e. The lowest BCUT2D eigenvalue weighted by Gasteiger charge is -2.08. The van der Waals surface area contributed by atoms with Crippen molar-refractivity contribution in [1.29, 1.82) is 0 Å². The van der Waals surface area contributed by atoms with Crippen molar-refractivity contribution < 1.29 is 13.9 Å². The van der Waals surface area contributed by atoms with E-state index in [0.717, 1.165) is 5.56 Å². The van der Waals surface area contributed by atoms with Crippen molar-refractivity contribution in [2.24, 2.45) is 0 Å². The smallest absolute Gasteiger partial charge is 0.343 e. The lowest BCUT2D eigenvalue weighted by atomic mass is 10.1. The van der Waals surface area contributed by atoms with Gasteiger partial charge in [-0.15, -0.1) is 0 Å². The fourth-order valence-corrected chi connectivity index (χ4v) is 2.32. The molecule has 0 unspecified atom stereocenters. The summed E-state index contributed by atoms with van der Waals surface area (Å²) in [6.45, 7) is 1.77. The van der Waals surface area contributed by atoms with Crippen LogP contribution in [0, 0.1) is 6.92 Å². The van der Waals surface area contributed by atoms with E-state index < -0.39 is 11.6 Å². The van der Waals surface area contributed by atoms with Crippen molar-refractivity contribution in [1.82, 2.24) is 0 Å². The van der Waals surface area contributed by atoms with Crippen LogP contribution in [-0.4, -0.2) is 5.97 Å². The van der Waals surface area contributed by atoms with Crippen LogP contribution in [0.4, 0.5) is 0 Å². The highest BCUT2D eigenvalue weighted by Gasteiger charge is 2.13. The molecule has 1 heterocycles. The molecule has 0 aliphatic rings. The van der Waals surface area contributed by atoms with E-state index in [1.54, 1.807) is 37.3 Å². The highest BCUT2D eigenvalue weighted by atomic mass is 35.5. The summed E-state index contributed by atoms with van der Waals surface area (Å²) in [6, 6.07) is 13.1. The van der Waals surface area contributed by atoms with Gasteiger partial charge in [0.2, 0.25) is 0 Å². The summed E-state index contributed by atoms with van der Waals surface area (Å²) in [4.78, 5) is 23.5. The molecule has 0 atom stereocenters. The number of carbonyl (C=O) groups excluding carboxylic acids is 1. The average Bonchev–Trinajstić information content (AvgIpc) is 2.49. The van der Waals surface area contributed by atoms with Gasteiger partial charge in [-0.3, -0.25) is 0 Å². The molecule has 0 bridgehead atoms. The predicted octanol–water partition coefficient (Wildman–Crippen LogP) is 3.97. The maximum atomic E-state index is 12.1. The first-order chi connectivity index (χ1) is 10.5. The van der Waals surface area contributed by atoms with Gasteiger partial charge in [-0.2, -0.15) is 0 Å². The van der Waals surface area contributed by atoms with E-state index in [2.05, 4.69) is 0 Å². The molecule has 0 aliphatic carbocycles. The lowest BCUT2D eigenvalue weighted by Crippen LogP contribution is -2.08. The summed E-state index contributed by atoms with van der Waals surface area (Å²) < 4.78 is 10.4. The molecule has 2 aromatic carbocycles. The van der Waals surface area contributed by atoms with E-state index in [0.29, 0.717) is 16.5 Å². The van der Waals surface area contributed by atoms with Gasteiger partial charge in [0.15, 0.2) is 5.75 Å². The SMILES string of the molecule is Cc1cc(=O)oc2cc(Cl)c(OC(=O)c3ccccc3)cc12. The minimum atomic E-state index is -0.503. The van der Waals surface area contributed by atoms with Gasteiger partial charge in [-0.05, 0) is 30.7 Å². The Morgan fingerprint density at radius 2 is 1.86 bits per heavy atom. The Labute approximate surface area is 130 Å². The molecule has 1 aromatic heterocycles. The zero-order valence-electron chi connectivity index (χ0n) is 11.6. The van der Waals surface area contributed by atoms with Crippen molar-refractivity contribution in [3.8, 4) is 5.75 Å². The number of carbonyl (C=O) groups is 1. The molecular weight excluding hydrogens is 304 g/mol. The molecule has 0 N–H and O–H groups in total. The topological polar surface area (TPSA) is 56.5 Å². The third-order valence-electron chi connectivity index (χ3n) is 3.22. The van der Waals surface area contributed by atoms with Crippen molar-refractivity contribution in [2.75, 3.05) is 0 Å². The molecule has 0 radical (unpaired) electrons. The highest BCUT2D eigenvalue weighted by molar-refractivity contribution is 6.33. The Kier molecular flexibility index (Phi) is 3.69. The van der Waals surface area contributed by atoms with Crippen LogP contribution in [0.1, 0.15) is 15.9 Å². The van der Waals surface area contributed by atoms with E-state index in [1.165, 1.54) is 12.1 Å². The number of ether oxygens (including phenoxy) is 1. The number of benzene rings is 2. The molecule has 0 saturated heterocycles. The van der Waals surface area contributed by atoms with Gasteiger partial charge < -0.3 is 9.15 Å². The molecule has 0 amide bonds. The van der Waals surface area contributed by atoms with Gasteiger partial charge in [-0.25, -0.2) is 9.59 Å². The van der Waals surface area contributed by atoms with Gasteiger partial charge in [0.1, 0.15) is 5.58 Å². The van der Waals surface area contributed by atoms with Gasteiger partial charge in [0.25, 0.3) is 0 Å². The van der Waals surface area contributed by atoms with Crippen LogP contribution in [0.2, 0.25) is 5.02 Å². The second kappa shape index (κ2) is 5.66. The molecule has 0 fully saturated rings. The molecular formula is C17H11ClO4. The first-order valence-corrected chi connectivity index (χ1v) is 6.93. The van der Waals surface area contributed by atoms with Crippen LogP contribution < -0.4 is 10.4 Å². The second-order valence-corrected chi connectivity index (χ2v) is 5.19. The van der Waals surface area contributed by atoms with Crippen LogP contribution in [-0.2, 0) is 0 Å². The number of hydrogen-bond acceptors (Lipinski definition) is 4. The molecule has 0 spiro atoms. The Morgan fingerprint density at radius 3 is 2.59 bits per heavy atom. The number of fused-ring (bicyclic) bond motifs is 1. The fraction of sp³-hybridized carbons (Fsp3) is 0.0588. The van der Waals surface area contributed by atoms with Gasteiger partial charge in [0, 0.05) is 17.5 Å². The normalized spacial score (nSPS) is 10.6. The summed E-state index contributed by atoms with van der Waals surface area (Å²) in [6.07, 6.45) is 0. The summed E-state index contributed by atoms with van der Waals surface area (Å²) in [5.74, 6) is -0.281. The summed E-state index contributed by atoms with van der Waals surface area (Å²) in [5, 5.41) is 0.866. The van der Waals surface area contributed by atoms with Crippen molar-refractivity contribution in [3.05, 3.63) is 75.1 Å². The minimum Gasteiger partial charge on any atom is -0.423 e. The second-order valence-electron chi connectivity index (χ2n) is 4.78. The molecule has 5 heteroatoms. The van der Waals surface area contributed by atoms with E-state index in [9.17, 15) is 9.59 Å². The van der Waals surface area contributed by atoms with Crippen molar-refractivity contribution in [2.45, 2.75) is 6.92 Å². The first kappa shape index (κ1) is 14.4. The highest BCUT2D eigenvalue weighted by Crippen LogP contribution is 2.31. The molecule has 110 valence electrons. The number of halogens is 1. The van der Waals surface area contributed by atoms with Crippen molar-refractivity contribution in [3.63, 3.8) is 0 Å². The zero-order chi connectivity index (χ0) is 15.7. The lowest BCUT2D eigenvalue weighted by molar-refractivity contribution is 0.0735. The zero-order valence-corrected chi connectivity index (χ0v) is 12.4. The minimum absolute atomic E-state index is 0.200. The van der Waals surface area contributed by atoms with Gasteiger partial charge in [0.05, 0.1) is 10.6 Å². The Morgan fingerprint density at radius 1 is 1.14 bits per heavy atom. The first-order valence-electron chi connectivity index (χ1n) is 6.56. The molecule has 0 aliphatic heterocycles. The molecule has 0 saturated carbocycles. The van der Waals surface area contributed by atoms with E-state index in [-0.39, 0.29) is 10.8 Å². The Balaban J connectivity index is 2.03. The van der Waals surface area contributed by atoms with Crippen molar-refractivity contribution >= 4 is 28.5 Å². The number of esters is 1. The number of aryl methyl sites for hydroxylation is 1. The van der Waals surface area contributed by atoms with Gasteiger partial charge >= 0.3 is 11.6 Å². The number of hydrogen-bond donors (Lipinski definition) is 0. The monoisotopic (exact) mass is 314 g/mol. The van der Waals surface area contributed by atoms with E-state index in [1.807, 2.05) is 6.07 Å². The summed E-state index contributed by atoms with van der Waals surface area (Å²) >= 11 is 6.10. The van der Waals surface area contributed by atoms with Crippen LogP contribution in [0.15, 0.2) is 57.7 Å². The van der Waals surface area contributed by atoms with Crippen LogP contribution in [0.5, 0.6) is 5.75 Å². The predicted molar refractivity (Wildman–Crippen MR) is 83.6 cm³/mol.